The number of fused-ring (bicyclic) bond motifs is 1. The van der Waals surface area contributed by atoms with Gasteiger partial charge in [0.25, 0.3) is 0 Å². The lowest BCUT2D eigenvalue weighted by molar-refractivity contribution is -0.143. The largest absolute Gasteiger partial charge is 0.497 e. The first-order valence-electron chi connectivity index (χ1n) is 11.5. The Bertz CT molecular complexity index is 1150. The number of ketones is 1. The second-order valence-electron chi connectivity index (χ2n) is 8.99. The predicted molar refractivity (Wildman–Crippen MR) is 130 cm³/mol. The number of carbonyl (C=O) groups is 2. The maximum atomic E-state index is 13.7. The van der Waals surface area contributed by atoms with Crippen molar-refractivity contribution in [2.75, 3.05) is 14.2 Å². The van der Waals surface area contributed by atoms with Crippen molar-refractivity contribution in [2.45, 2.75) is 45.1 Å². The monoisotopic (exact) mass is 461 g/mol. The van der Waals surface area contributed by atoms with Crippen LogP contribution in [0, 0.1) is 5.92 Å². The van der Waals surface area contributed by atoms with Gasteiger partial charge >= 0.3 is 5.97 Å². The third kappa shape index (κ3) is 4.45. The Labute approximate surface area is 200 Å². The molecule has 0 saturated carbocycles. The Morgan fingerprint density at radius 2 is 1.76 bits per heavy atom. The minimum atomic E-state index is -0.562. The highest BCUT2D eigenvalue weighted by Gasteiger charge is 2.46. The quantitative estimate of drug-likeness (QED) is 0.619. The van der Waals surface area contributed by atoms with Crippen LogP contribution in [0.25, 0.3) is 0 Å². The number of esters is 1. The average Bonchev–Trinajstić information content (AvgIpc) is 2.82. The third-order valence-corrected chi connectivity index (χ3v) is 6.43. The summed E-state index contributed by atoms with van der Waals surface area (Å²) in [5.74, 6) is -0.306. The number of allylic oxidation sites excluding steroid dienone is 3. The summed E-state index contributed by atoms with van der Waals surface area (Å²) in [4.78, 5) is 27.0. The molecular formula is C28H31NO5. The van der Waals surface area contributed by atoms with Gasteiger partial charge in [-0.05, 0) is 44.5 Å². The number of methoxy groups -OCH3 is 2. The van der Waals surface area contributed by atoms with E-state index in [1.807, 2.05) is 57.2 Å². The molecule has 6 nitrogen and oxygen atoms in total. The van der Waals surface area contributed by atoms with Crippen LogP contribution in [-0.4, -0.2) is 32.1 Å². The Morgan fingerprint density at radius 1 is 1.03 bits per heavy atom. The van der Waals surface area contributed by atoms with Crippen molar-refractivity contribution in [3.63, 3.8) is 0 Å². The number of hydrogen-bond donors (Lipinski definition) is 1. The molecule has 0 saturated heterocycles. The predicted octanol–water partition coefficient (Wildman–Crippen LogP) is 4.87. The summed E-state index contributed by atoms with van der Waals surface area (Å²) in [6.45, 7) is 5.48. The number of benzene rings is 2. The average molecular weight is 462 g/mol. The smallest absolute Gasteiger partial charge is 0.336 e. The second-order valence-corrected chi connectivity index (χ2v) is 8.99. The van der Waals surface area contributed by atoms with Crippen LogP contribution in [0.1, 0.15) is 50.2 Å². The van der Waals surface area contributed by atoms with Crippen LogP contribution in [0.3, 0.4) is 0 Å². The van der Waals surface area contributed by atoms with Crippen molar-refractivity contribution < 1.29 is 23.8 Å². The molecule has 3 unspecified atom stereocenters. The molecule has 2 aliphatic rings. The molecule has 6 heteroatoms. The summed E-state index contributed by atoms with van der Waals surface area (Å²) in [6, 6.07) is 15.5. The van der Waals surface area contributed by atoms with E-state index in [-0.39, 0.29) is 17.8 Å². The first-order chi connectivity index (χ1) is 16.3. The lowest BCUT2D eigenvalue weighted by atomic mass is 9.68. The third-order valence-electron chi connectivity index (χ3n) is 6.43. The molecule has 0 spiro atoms. The van der Waals surface area contributed by atoms with Gasteiger partial charge in [-0.15, -0.1) is 0 Å². The maximum Gasteiger partial charge on any atom is 0.336 e. The fourth-order valence-corrected chi connectivity index (χ4v) is 4.95. The van der Waals surface area contributed by atoms with Gasteiger partial charge in [-0.1, -0.05) is 36.4 Å². The van der Waals surface area contributed by atoms with Crippen molar-refractivity contribution in [3.05, 3.63) is 82.7 Å². The van der Waals surface area contributed by atoms with Gasteiger partial charge in [0.2, 0.25) is 0 Å². The van der Waals surface area contributed by atoms with E-state index in [9.17, 15) is 9.59 Å². The topological polar surface area (TPSA) is 73.9 Å². The summed E-state index contributed by atoms with van der Waals surface area (Å²) in [6.07, 6.45) is 2.19. The molecule has 1 heterocycles. The highest BCUT2D eigenvalue weighted by atomic mass is 16.5. The van der Waals surface area contributed by atoms with E-state index in [1.54, 1.807) is 26.4 Å². The van der Waals surface area contributed by atoms with E-state index in [4.69, 9.17) is 14.2 Å². The van der Waals surface area contributed by atoms with Gasteiger partial charge in [0.05, 0.1) is 31.8 Å². The fourth-order valence-electron chi connectivity index (χ4n) is 4.95. The molecule has 2 aromatic carbocycles. The number of rotatable bonds is 6. The SMILES string of the molecule is COc1ccc(OC)c(C2C(C(=O)OC(C)C)=C(C)NC3=CC(c4ccccc4)CC(=O)C32)c1. The van der Waals surface area contributed by atoms with E-state index < -0.39 is 17.8 Å². The molecule has 0 fully saturated rings. The van der Waals surface area contributed by atoms with Gasteiger partial charge in [0.1, 0.15) is 17.3 Å². The minimum absolute atomic E-state index is 0.0303. The molecule has 1 N–H and O–H groups in total. The van der Waals surface area contributed by atoms with E-state index in [1.165, 1.54) is 0 Å². The van der Waals surface area contributed by atoms with Gasteiger partial charge in [-0.25, -0.2) is 4.79 Å². The molecule has 3 atom stereocenters. The van der Waals surface area contributed by atoms with Crippen LogP contribution in [0.5, 0.6) is 11.5 Å². The van der Waals surface area contributed by atoms with Crippen molar-refractivity contribution in [2.24, 2.45) is 5.92 Å². The van der Waals surface area contributed by atoms with Gasteiger partial charge in [-0.3, -0.25) is 4.79 Å². The molecule has 2 aromatic rings. The molecule has 0 bridgehead atoms. The van der Waals surface area contributed by atoms with Gasteiger partial charge in [0.15, 0.2) is 0 Å². The van der Waals surface area contributed by atoms with Crippen LogP contribution in [0.4, 0.5) is 0 Å². The van der Waals surface area contributed by atoms with Crippen LogP contribution in [-0.2, 0) is 14.3 Å². The summed E-state index contributed by atoms with van der Waals surface area (Å²) in [5, 5.41) is 3.37. The Kier molecular flexibility index (Phi) is 6.77. The molecule has 1 aliphatic carbocycles. The lowest BCUT2D eigenvalue weighted by Crippen LogP contribution is -2.42. The van der Waals surface area contributed by atoms with Crippen molar-refractivity contribution >= 4 is 11.8 Å². The minimum Gasteiger partial charge on any atom is -0.497 e. The molecule has 0 aromatic heterocycles. The van der Waals surface area contributed by atoms with Gasteiger partial charge in [-0.2, -0.15) is 0 Å². The van der Waals surface area contributed by atoms with E-state index in [0.29, 0.717) is 29.2 Å². The fraction of sp³-hybridized carbons (Fsp3) is 0.357. The zero-order valence-corrected chi connectivity index (χ0v) is 20.3. The number of hydrogen-bond acceptors (Lipinski definition) is 6. The van der Waals surface area contributed by atoms with E-state index >= 15 is 0 Å². The van der Waals surface area contributed by atoms with E-state index in [2.05, 4.69) is 11.4 Å². The van der Waals surface area contributed by atoms with Crippen LogP contribution in [0.15, 0.2) is 71.6 Å². The standard InChI is InChI=1S/C28H31NO5/c1-16(2)34-28(31)25-17(3)29-22-13-19(18-9-7-6-8-10-18)14-23(30)27(22)26(25)21-15-20(32-4)11-12-24(21)33-5/h6-13,15-16,19,26-27,29H,14H2,1-5H3. The van der Waals surface area contributed by atoms with Crippen LogP contribution >= 0.6 is 0 Å². The molecule has 178 valence electrons. The molecular weight excluding hydrogens is 430 g/mol. The van der Waals surface area contributed by atoms with Crippen molar-refractivity contribution in [3.8, 4) is 11.5 Å². The zero-order valence-electron chi connectivity index (χ0n) is 20.3. The summed E-state index contributed by atoms with van der Waals surface area (Å²) >= 11 is 0. The highest BCUT2D eigenvalue weighted by Crippen LogP contribution is 2.49. The number of Topliss-reactive ketones (excluding diaryl/α,β-unsaturated/α-hetero) is 1. The number of nitrogens with one attached hydrogen (secondary N) is 1. The molecule has 4 rings (SSSR count). The first kappa shape index (κ1) is 23.6. The normalized spacial score (nSPS) is 22.0. The first-order valence-corrected chi connectivity index (χ1v) is 11.5. The Hall–Kier alpha value is -3.54. The Morgan fingerprint density at radius 3 is 2.41 bits per heavy atom. The summed E-state index contributed by atoms with van der Waals surface area (Å²) in [5.41, 5.74) is 3.73. The molecule has 0 amide bonds. The number of ether oxygens (including phenoxy) is 3. The molecule has 34 heavy (non-hydrogen) atoms. The van der Waals surface area contributed by atoms with E-state index in [0.717, 1.165) is 16.8 Å². The molecule has 1 aliphatic heterocycles. The lowest BCUT2D eigenvalue weighted by Gasteiger charge is -2.40. The highest BCUT2D eigenvalue weighted by molar-refractivity contribution is 5.96. The van der Waals surface area contributed by atoms with Crippen molar-refractivity contribution in [1.82, 2.24) is 5.32 Å². The zero-order chi connectivity index (χ0) is 24.4. The molecule has 0 radical (unpaired) electrons. The second kappa shape index (κ2) is 9.75. The Balaban J connectivity index is 1.89. The number of carbonyl (C=O) groups excluding carboxylic acids is 2. The summed E-state index contributed by atoms with van der Waals surface area (Å²) in [7, 11) is 3.17. The van der Waals surface area contributed by atoms with Crippen LogP contribution < -0.4 is 14.8 Å². The van der Waals surface area contributed by atoms with Gasteiger partial charge < -0.3 is 19.5 Å². The summed E-state index contributed by atoms with van der Waals surface area (Å²) < 4.78 is 16.7. The van der Waals surface area contributed by atoms with Gasteiger partial charge in [0, 0.05) is 35.2 Å². The van der Waals surface area contributed by atoms with Crippen molar-refractivity contribution in [1.29, 1.82) is 0 Å². The maximum absolute atomic E-state index is 13.7. The van der Waals surface area contributed by atoms with Crippen LogP contribution in [0.2, 0.25) is 0 Å².